The Morgan fingerprint density at radius 2 is 1.91 bits per heavy atom. The fourth-order valence-corrected chi connectivity index (χ4v) is 3.47. The monoisotopic (exact) mass is 325 g/mol. The van der Waals surface area contributed by atoms with Crippen LogP contribution >= 0.6 is 0 Å². The summed E-state index contributed by atoms with van der Waals surface area (Å²) in [5, 5.41) is 0. The van der Waals surface area contributed by atoms with Gasteiger partial charge >= 0.3 is 0 Å². The molecule has 0 unspecified atom stereocenters. The van der Waals surface area contributed by atoms with Gasteiger partial charge in [-0.3, -0.25) is 0 Å². The average Bonchev–Trinajstić information content (AvgIpc) is 2.73. The molecule has 122 valence electrons. The molecule has 0 amide bonds. The quantitative estimate of drug-likeness (QED) is 0.816. The van der Waals surface area contributed by atoms with E-state index in [0.717, 1.165) is 5.56 Å². The number of nitrogens with one attached hydrogen (secondary N) is 1. The number of aryl methyl sites for hydroxylation is 1. The van der Waals surface area contributed by atoms with Crippen LogP contribution in [0.4, 0.5) is 0 Å². The van der Waals surface area contributed by atoms with Gasteiger partial charge in [0.1, 0.15) is 6.10 Å². The van der Waals surface area contributed by atoms with Crippen molar-refractivity contribution in [3.05, 3.63) is 42.5 Å². The maximum atomic E-state index is 12.2. The van der Waals surface area contributed by atoms with E-state index in [-0.39, 0.29) is 23.6 Å². The SMILES string of the molecule is C=C[C@@H]1OC(C)(C)O[C@@H]1CCNS(=O)(=O)c1ccc(C)cc1. The van der Waals surface area contributed by atoms with Crippen LogP contribution in [0.15, 0.2) is 41.8 Å². The van der Waals surface area contributed by atoms with Crippen LogP contribution in [0.3, 0.4) is 0 Å². The standard InChI is InChI=1S/C16H23NO4S/c1-5-14-15(21-16(3,4)20-14)10-11-17-22(18,19)13-8-6-12(2)7-9-13/h5-9,14-15,17H,1,10-11H2,2-4H3/t14-,15+/m0/s1. The highest BCUT2D eigenvalue weighted by molar-refractivity contribution is 7.89. The van der Waals surface area contributed by atoms with Crippen LogP contribution in [0.25, 0.3) is 0 Å². The van der Waals surface area contributed by atoms with Crippen molar-refractivity contribution in [2.45, 2.75) is 50.1 Å². The van der Waals surface area contributed by atoms with Crippen LogP contribution in [0.5, 0.6) is 0 Å². The minimum atomic E-state index is -3.49. The first-order valence-corrected chi connectivity index (χ1v) is 8.76. The van der Waals surface area contributed by atoms with E-state index in [0.29, 0.717) is 6.42 Å². The summed E-state index contributed by atoms with van der Waals surface area (Å²) in [6.45, 7) is 9.59. The molecule has 0 spiro atoms. The van der Waals surface area contributed by atoms with E-state index in [9.17, 15) is 8.42 Å². The van der Waals surface area contributed by atoms with Crippen molar-refractivity contribution in [1.29, 1.82) is 0 Å². The molecule has 0 saturated carbocycles. The fourth-order valence-electron chi connectivity index (χ4n) is 2.42. The van der Waals surface area contributed by atoms with Crippen molar-refractivity contribution in [2.75, 3.05) is 6.54 Å². The first kappa shape index (κ1) is 17.1. The van der Waals surface area contributed by atoms with Crippen molar-refractivity contribution < 1.29 is 17.9 Å². The summed E-state index contributed by atoms with van der Waals surface area (Å²) in [4.78, 5) is 0.266. The molecule has 1 fully saturated rings. The van der Waals surface area contributed by atoms with Gasteiger partial charge in [0.25, 0.3) is 0 Å². The van der Waals surface area contributed by atoms with Crippen LogP contribution in [0, 0.1) is 6.92 Å². The summed E-state index contributed by atoms with van der Waals surface area (Å²) in [5.74, 6) is -0.667. The summed E-state index contributed by atoms with van der Waals surface area (Å²) in [7, 11) is -3.49. The molecule has 1 saturated heterocycles. The summed E-state index contributed by atoms with van der Waals surface area (Å²) < 4.78 is 38.4. The lowest BCUT2D eigenvalue weighted by atomic mass is 10.1. The molecule has 0 radical (unpaired) electrons. The number of sulfonamides is 1. The number of hydrogen-bond acceptors (Lipinski definition) is 4. The van der Waals surface area contributed by atoms with E-state index >= 15 is 0 Å². The smallest absolute Gasteiger partial charge is 0.240 e. The van der Waals surface area contributed by atoms with E-state index in [1.165, 1.54) is 0 Å². The Kier molecular flexibility index (Phi) is 5.07. The van der Waals surface area contributed by atoms with Crippen LogP contribution in [-0.4, -0.2) is 33.0 Å². The molecule has 1 heterocycles. The molecule has 22 heavy (non-hydrogen) atoms. The molecule has 0 bridgehead atoms. The summed E-state index contributed by atoms with van der Waals surface area (Å²) in [5.41, 5.74) is 1.02. The molecule has 1 aliphatic rings. The van der Waals surface area contributed by atoms with Crippen molar-refractivity contribution >= 4 is 10.0 Å². The highest BCUT2D eigenvalue weighted by Gasteiger charge is 2.39. The Hall–Kier alpha value is -1.21. The molecule has 1 aromatic rings. The van der Waals surface area contributed by atoms with Gasteiger partial charge in [-0.2, -0.15) is 0 Å². The summed E-state index contributed by atoms with van der Waals surface area (Å²) >= 11 is 0. The topological polar surface area (TPSA) is 64.6 Å². The summed E-state index contributed by atoms with van der Waals surface area (Å²) in [6, 6.07) is 6.75. The Bertz CT molecular complexity index is 622. The van der Waals surface area contributed by atoms with Gasteiger partial charge in [0.05, 0.1) is 11.0 Å². The average molecular weight is 325 g/mol. The van der Waals surface area contributed by atoms with E-state index in [4.69, 9.17) is 9.47 Å². The Labute approximate surface area is 132 Å². The van der Waals surface area contributed by atoms with E-state index in [1.54, 1.807) is 30.3 Å². The van der Waals surface area contributed by atoms with Crippen molar-refractivity contribution in [3.8, 4) is 0 Å². The van der Waals surface area contributed by atoms with Crippen LogP contribution in [-0.2, 0) is 19.5 Å². The van der Waals surface area contributed by atoms with Gasteiger partial charge in [0.15, 0.2) is 5.79 Å². The highest BCUT2D eigenvalue weighted by Crippen LogP contribution is 2.30. The van der Waals surface area contributed by atoms with Gasteiger partial charge in [-0.25, -0.2) is 13.1 Å². The van der Waals surface area contributed by atoms with Crippen LogP contribution in [0.1, 0.15) is 25.8 Å². The van der Waals surface area contributed by atoms with Gasteiger partial charge < -0.3 is 9.47 Å². The second kappa shape index (κ2) is 6.50. The molecule has 2 atom stereocenters. The van der Waals surface area contributed by atoms with E-state index < -0.39 is 15.8 Å². The predicted octanol–water partition coefficient (Wildman–Crippen LogP) is 2.37. The molecule has 0 aliphatic carbocycles. The lowest BCUT2D eigenvalue weighted by molar-refractivity contribution is -0.143. The number of rotatable bonds is 6. The van der Waals surface area contributed by atoms with E-state index in [2.05, 4.69) is 11.3 Å². The molecular weight excluding hydrogens is 302 g/mol. The summed E-state index contributed by atoms with van der Waals surface area (Å²) in [6.07, 6.45) is 1.78. The Balaban J connectivity index is 1.93. The highest BCUT2D eigenvalue weighted by atomic mass is 32.2. The molecular formula is C16H23NO4S. The zero-order valence-electron chi connectivity index (χ0n) is 13.2. The van der Waals surface area contributed by atoms with Crippen LogP contribution in [0.2, 0.25) is 0 Å². The molecule has 1 aromatic carbocycles. The third kappa shape index (κ3) is 4.16. The van der Waals surface area contributed by atoms with Crippen molar-refractivity contribution in [1.82, 2.24) is 4.72 Å². The van der Waals surface area contributed by atoms with E-state index in [1.807, 2.05) is 20.8 Å². The first-order valence-electron chi connectivity index (χ1n) is 7.28. The first-order chi connectivity index (χ1) is 10.2. The third-order valence-corrected chi connectivity index (χ3v) is 4.98. The lowest BCUT2D eigenvalue weighted by Gasteiger charge is -2.17. The molecule has 2 rings (SSSR count). The second-order valence-electron chi connectivity index (χ2n) is 5.87. The maximum Gasteiger partial charge on any atom is 0.240 e. The molecule has 5 nitrogen and oxygen atoms in total. The molecule has 1 N–H and O–H groups in total. The fraction of sp³-hybridized carbons (Fsp3) is 0.500. The van der Waals surface area contributed by atoms with Gasteiger partial charge in [0.2, 0.25) is 10.0 Å². The molecule has 1 aliphatic heterocycles. The zero-order valence-corrected chi connectivity index (χ0v) is 14.0. The molecule has 6 heteroatoms. The number of ether oxygens (including phenoxy) is 2. The van der Waals surface area contributed by atoms with Gasteiger partial charge in [-0.05, 0) is 39.3 Å². The number of hydrogen-bond donors (Lipinski definition) is 1. The largest absolute Gasteiger partial charge is 0.344 e. The third-order valence-electron chi connectivity index (χ3n) is 3.51. The maximum absolute atomic E-state index is 12.2. The number of benzene rings is 1. The minimum Gasteiger partial charge on any atom is -0.344 e. The van der Waals surface area contributed by atoms with Crippen LogP contribution < -0.4 is 4.72 Å². The van der Waals surface area contributed by atoms with Crippen molar-refractivity contribution in [2.24, 2.45) is 0 Å². The Morgan fingerprint density at radius 1 is 1.27 bits per heavy atom. The molecule has 0 aromatic heterocycles. The van der Waals surface area contributed by atoms with Gasteiger partial charge in [0, 0.05) is 6.54 Å². The Morgan fingerprint density at radius 3 is 2.50 bits per heavy atom. The normalized spacial score (nSPS) is 24.3. The zero-order chi connectivity index (χ0) is 16.4. The second-order valence-corrected chi connectivity index (χ2v) is 7.64. The lowest BCUT2D eigenvalue weighted by Crippen LogP contribution is -2.30. The predicted molar refractivity (Wildman–Crippen MR) is 85.0 cm³/mol. The van der Waals surface area contributed by atoms with Crippen molar-refractivity contribution in [3.63, 3.8) is 0 Å². The minimum absolute atomic E-state index is 0.201. The van der Waals surface area contributed by atoms with Gasteiger partial charge in [-0.15, -0.1) is 6.58 Å². The van der Waals surface area contributed by atoms with Gasteiger partial charge in [-0.1, -0.05) is 23.8 Å².